The molecule has 0 aliphatic carbocycles. The van der Waals surface area contributed by atoms with E-state index in [1.165, 1.54) is 11.6 Å². The second-order valence-corrected chi connectivity index (χ2v) is 3.65. The lowest BCUT2D eigenvalue weighted by Gasteiger charge is -2.10. The number of rotatable bonds is 3. The molecule has 0 spiro atoms. The fraction of sp³-hybridized carbons (Fsp3) is 0.250. The summed E-state index contributed by atoms with van der Waals surface area (Å²) in [6.45, 7) is 0. The van der Waals surface area contributed by atoms with Gasteiger partial charge in [-0.25, -0.2) is 0 Å². The zero-order chi connectivity index (χ0) is 10.7. The van der Waals surface area contributed by atoms with Gasteiger partial charge in [-0.1, -0.05) is 30.3 Å². The Hall–Kier alpha value is -1.77. The molecule has 0 saturated heterocycles. The number of aryl methyl sites for hydroxylation is 1. The van der Waals surface area contributed by atoms with Gasteiger partial charge in [0.05, 0.1) is 6.04 Å². The minimum atomic E-state index is -0.210. The summed E-state index contributed by atoms with van der Waals surface area (Å²) in [7, 11) is 0. The molecule has 3 heteroatoms. The van der Waals surface area contributed by atoms with Crippen molar-refractivity contribution < 1.29 is 9.90 Å². The summed E-state index contributed by atoms with van der Waals surface area (Å²) >= 11 is 0. The lowest BCUT2D eigenvalue weighted by Crippen LogP contribution is -2.28. The monoisotopic (exact) mass is 203 g/mol. The van der Waals surface area contributed by atoms with Gasteiger partial charge in [-0.05, 0) is 18.4 Å². The predicted molar refractivity (Wildman–Crippen MR) is 57.4 cm³/mol. The maximum absolute atomic E-state index is 10.9. The molecule has 0 radical (unpaired) electrons. The van der Waals surface area contributed by atoms with Crippen molar-refractivity contribution in [1.82, 2.24) is 5.32 Å². The molecule has 0 aromatic heterocycles. The fourth-order valence-corrected chi connectivity index (χ4v) is 1.70. The molecule has 1 aliphatic rings. The molecule has 1 atom stereocenters. The first-order chi connectivity index (χ1) is 7.25. The van der Waals surface area contributed by atoms with Gasteiger partial charge in [-0.3, -0.25) is 4.79 Å². The van der Waals surface area contributed by atoms with Crippen LogP contribution >= 0.6 is 0 Å². The third-order valence-corrected chi connectivity index (χ3v) is 2.52. The van der Waals surface area contributed by atoms with E-state index in [1.54, 1.807) is 0 Å². The number of carbonyl (C=O) groups is 1. The number of hydrogen-bond donors (Lipinski definition) is 2. The lowest BCUT2D eigenvalue weighted by atomic mass is 10.1. The van der Waals surface area contributed by atoms with E-state index in [4.69, 9.17) is 0 Å². The Morgan fingerprint density at radius 1 is 1.27 bits per heavy atom. The molecule has 1 aromatic carbocycles. The summed E-state index contributed by atoms with van der Waals surface area (Å²) in [4.78, 5) is 10.9. The van der Waals surface area contributed by atoms with Gasteiger partial charge in [0.1, 0.15) is 5.76 Å². The average Bonchev–Trinajstić information content (AvgIpc) is 2.56. The van der Waals surface area contributed by atoms with Gasteiger partial charge in [-0.2, -0.15) is 0 Å². The van der Waals surface area contributed by atoms with Crippen LogP contribution < -0.4 is 5.32 Å². The maximum atomic E-state index is 10.9. The van der Waals surface area contributed by atoms with Gasteiger partial charge in [0.2, 0.25) is 5.91 Å². The smallest absolute Gasteiger partial charge is 0.248 e. The van der Waals surface area contributed by atoms with Crippen LogP contribution in [-0.4, -0.2) is 17.1 Å². The Morgan fingerprint density at radius 2 is 2.00 bits per heavy atom. The summed E-state index contributed by atoms with van der Waals surface area (Å²) in [5.74, 6) is -0.0542. The van der Waals surface area contributed by atoms with Crippen LogP contribution in [-0.2, 0) is 11.2 Å². The lowest BCUT2D eigenvalue weighted by molar-refractivity contribution is -0.116. The number of benzene rings is 1. The first-order valence-corrected chi connectivity index (χ1v) is 5.00. The van der Waals surface area contributed by atoms with Crippen molar-refractivity contribution >= 4 is 5.91 Å². The second kappa shape index (κ2) is 4.17. The molecule has 1 unspecified atom stereocenters. The number of hydrogen-bond acceptors (Lipinski definition) is 2. The molecule has 1 aromatic rings. The molecule has 0 bridgehead atoms. The van der Waals surface area contributed by atoms with Crippen LogP contribution in [0.4, 0.5) is 0 Å². The van der Waals surface area contributed by atoms with Crippen LogP contribution in [0.15, 0.2) is 42.2 Å². The third kappa shape index (κ3) is 2.37. The Morgan fingerprint density at radius 3 is 2.60 bits per heavy atom. The van der Waals surface area contributed by atoms with E-state index < -0.39 is 0 Å². The van der Waals surface area contributed by atoms with Gasteiger partial charge in [-0.15, -0.1) is 0 Å². The molecular formula is C12H13NO2. The predicted octanol–water partition coefficient (Wildman–Crippen LogP) is 1.56. The molecule has 1 aliphatic heterocycles. The number of carbonyl (C=O) groups excluding carboxylic acids is 1. The Bertz CT molecular complexity index is 384. The number of aliphatic hydroxyl groups excluding tert-OH is 1. The van der Waals surface area contributed by atoms with Crippen molar-refractivity contribution in [3.05, 3.63) is 47.7 Å². The van der Waals surface area contributed by atoms with Crippen LogP contribution in [0.3, 0.4) is 0 Å². The summed E-state index contributed by atoms with van der Waals surface area (Å²) in [5, 5.41) is 12.1. The molecule has 2 N–H and O–H groups in total. The van der Waals surface area contributed by atoms with E-state index in [0.717, 1.165) is 12.8 Å². The highest BCUT2D eigenvalue weighted by molar-refractivity contribution is 5.91. The van der Waals surface area contributed by atoms with Crippen LogP contribution in [0, 0.1) is 0 Å². The Balaban J connectivity index is 1.90. The van der Waals surface area contributed by atoms with E-state index in [0.29, 0.717) is 0 Å². The summed E-state index contributed by atoms with van der Waals surface area (Å²) in [6, 6.07) is 9.81. The summed E-state index contributed by atoms with van der Waals surface area (Å²) in [6.07, 6.45) is 2.83. The van der Waals surface area contributed by atoms with Gasteiger partial charge in [0.15, 0.2) is 0 Å². The Labute approximate surface area is 88.4 Å². The van der Waals surface area contributed by atoms with Crippen LogP contribution in [0.2, 0.25) is 0 Å². The second-order valence-electron chi connectivity index (χ2n) is 3.65. The summed E-state index contributed by atoms with van der Waals surface area (Å²) < 4.78 is 0. The molecule has 15 heavy (non-hydrogen) atoms. The molecule has 3 nitrogen and oxygen atoms in total. The van der Waals surface area contributed by atoms with E-state index in [-0.39, 0.29) is 17.7 Å². The van der Waals surface area contributed by atoms with Crippen LogP contribution in [0.5, 0.6) is 0 Å². The van der Waals surface area contributed by atoms with Crippen molar-refractivity contribution in [2.24, 2.45) is 0 Å². The van der Waals surface area contributed by atoms with Gasteiger partial charge >= 0.3 is 0 Å². The number of nitrogens with one attached hydrogen (secondary N) is 1. The van der Waals surface area contributed by atoms with E-state index in [1.807, 2.05) is 30.3 Å². The van der Waals surface area contributed by atoms with E-state index >= 15 is 0 Å². The molecule has 0 saturated carbocycles. The molecule has 1 heterocycles. The zero-order valence-electron chi connectivity index (χ0n) is 8.31. The average molecular weight is 203 g/mol. The zero-order valence-corrected chi connectivity index (χ0v) is 8.31. The highest BCUT2D eigenvalue weighted by Crippen LogP contribution is 2.13. The molecule has 2 rings (SSSR count). The number of amides is 1. The maximum Gasteiger partial charge on any atom is 0.248 e. The SMILES string of the molecule is O=C1C=C(O)C(CCc2ccccc2)N1. The largest absolute Gasteiger partial charge is 0.510 e. The van der Waals surface area contributed by atoms with Crippen LogP contribution in [0.1, 0.15) is 12.0 Å². The minimum Gasteiger partial charge on any atom is -0.510 e. The third-order valence-electron chi connectivity index (χ3n) is 2.52. The molecule has 78 valence electrons. The normalized spacial score (nSPS) is 19.9. The van der Waals surface area contributed by atoms with Crippen molar-refractivity contribution in [2.75, 3.05) is 0 Å². The Kier molecular flexibility index (Phi) is 2.72. The van der Waals surface area contributed by atoms with Gasteiger partial charge < -0.3 is 10.4 Å². The first kappa shape index (κ1) is 9.77. The van der Waals surface area contributed by atoms with Crippen molar-refractivity contribution in [3.63, 3.8) is 0 Å². The van der Waals surface area contributed by atoms with E-state index in [9.17, 15) is 9.90 Å². The quantitative estimate of drug-likeness (QED) is 0.783. The van der Waals surface area contributed by atoms with Gasteiger partial charge in [0, 0.05) is 6.08 Å². The topological polar surface area (TPSA) is 49.3 Å². The van der Waals surface area contributed by atoms with Crippen molar-refractivity contribution in [2.45, 2.75) is 18.9 Å². The summed E-state index contributed by atoms with van der Waals surface area (Å²) in [5.41, 5.74) is 1.21. The highest BCUT2D eigenvalue weighted by Gasteiger charge is 2.22. The molecule has 0 fully saturated rings. The van der Waals surface area contributed by atoms with E-state index in [2.05, 4.69) is 5.32 Å². The standard InChI is InChI=1S/C12H13NO2/c14-11-8-12(15)13-10(11)7-6-9-4-2-1-3-5-9/h1-5,8,10,14H,6-7H2,(H,13,15). The first-order valence-electron chi connectivity index (χ1n) is 5.00. The fourth-order valence-electron chi connectivity index (χ4n) is 1.70. The van der Waals surface area contributed by atoms with Crippen molar-refractivity contribution in [3.8, 4) is 0 Å². The number of aliphatic hydroxyl groups is 1. The molecule has 1 amide bonds. The minimum absolute atomic E-state index is 0.149. The van der Waals surface area contributed by atoms with Gasteiger partial charge in [0.25, 0.3) is 0 Å². The highest BCUT2D eigenvalue weighted by atomic mass is 16.3. The van der Waals surface area contributed by atoms with Crippen LogP contribution in [0.25, 0.3) is 0 Å². The molecular weight excluding hydrogens is 190 g/mol. The van der Waals surface area contributed by atoms with Crippen molar-refractivity contribution in [1.29, 1.82) is 0 Å².